The molecule has 0 aliphatic heterocycles. The quantitative estimate of drug-likeness (QED) is 0.424. The lowest BCUT2D eigenvalue weighted by molar-refractivity contribution is -0.223. The highest BCUT2D eigenvalue weighted by molar-refractivity contribution is 5.95. The Labute approximate surface area is 199 Å². The number of amides is 3. The zero-order valence-electron chi connectivity index (χ0n) is 20.1. The van der Waals surface area contributed by atoms with E-state index < -0.39 is 30.1 Å². The molecule has 10 heteroatoms. The molecule has 0 aliphatic rings. The van der Waals surface area contributed by atoms with E-state index in [1.807, 2.05) is 6.92 Å². The highest BCUT2D eigenvalue weighted by atomic mass is 16.5. The zero-order chi connectivity index (χ0) is 25.3. The van der Waals surface area contributed by atoms with Crippen LogP contribution in [-0.2, 0) is 14.4 Å². The second-order valence-electron chi connectivity index (χ2n) is 7.51. The van der Waals surface area contributed by atoms with E-state index in [9.17, 15) is 19.5 Å². The summed E-state index contributed by atoms with van der Waals surface area (Å²) in [6.45, 7) is 5.37. The van der Waals surface area contributed by atoms with E-state index in [-0.39, 0.29) is 6.54 Å². The van der Waals surface area contributed by atoms with Crippen LogP contribution in [-0.4, -0.2) is 65.5 Å². The number of hydrogen-bond donors (Lipinski definition) is 2. The maximum atomic E-state index is 12.9. The molecule has 0 aliphatic carbocycles. The summed E-state index contributed by atoms with van der Waals surface area (Å²) in [5.41, 5.74) is -1.72. The fourth-order valence-corrected chi connectivity index (χ4v) is 3.41. The molecule has 2 N–H and O–H groups in total. The summed E-state index contributed by atoms with van der Waals surface area (Å²) in [6, 6.07) is 15.2. The maximum absolute atomic E-state index is 12.9. The van der Waals surface area contributed by atoms with Crippen molar-refractivity contribution in [3.63, 3.8) is 0 Å². The molecule has 3 amide bonds. The van der Waals surface area contributed by atoms with Crippen molar-refractivity contribution >= 4 is 23.4 Å². The number of anilines is 1. The normalized spacial score (nSPS) is 12.3. The van der Waals surface area contributed by atoms with Gasteiger partial charge in [-0.2, -0.15) is 10.0 Å². The topological polar surface area (TPSA) is 112 Å². The number of hydrogen-bond acceptors (Lipinski definition) is 7. The van der Waals surface area contributed by atoms with E-state index in [0.29, 0.717) is 23.7 Å². The van der Waals surface area contributed by atoms with Gasteiger partial charge in [-0.15, -0.1) is 5.12 Å². The van der Waals surface area contributed by atoms with E-state index in [1.54, 1.807) is 54.6 Å². The molecule has 0 saturated heterocycles. The third kappa shape index (κ3) is 6.24. The Morgan fingerprint density at radius 1 is 0.912 bits per heavy atom. The zero-order valence-corrected chi connectivity index (χ0v) is 20.1. The van der Waals surface area contributed by atoms with Crippen LogP contribution in [0.3, 0.4) is 0 Å². The minimum absolute atomic E-state index is 0.150. The van der Waals surface area contributed by atoms with Gasteiger partial charge >= 0.3 is 0 Å². The number of aliphatic hydroxyl groups is 1. The number of methoxy groups -OCH3 is 1. The first-order valence-electron chi connectivity index (χ1n) is 10.8. The van der Waals surface area contributed by atoms with Crippen LogP contribution in [0.1, 0.15) is 27.7 Å². The highest BCUT2D eigenvalue weighted by Gasteiger charge is 2.45. The lowest BCUT2D eigenvalue weighted by Crippen LogP contribution is -2.70. The molecule has 184 valence electrons. The molecule has 0 radical (unpaired) electrons. The van der Waals surface area contributed by atoms with Crippen molar-refractivity contribution < 1.29 is 29.0 Å². The molecule has 0 saturated carbocycles. The van der Waals surface area contributed by atoms with Crippen LogP contribution >= 0.6 is 0 Å². The highest BCUT2D eigenvalue weighted by Crippen LogP contribution is 2.29. The van der Waals surface area contributed by atoms with Crippen molar-refractivity contribution in [3.8, 4) is 11.5 Å². The van der Waals surface area contributed by atoms with Crippen molar-refractivity contribution in [2.75, 3.05) is 31.8 Å². The van der Waals surface area contributed by atoms with Crippen molar-refractivity contribution in [1.82, 2.24) is 15.4 Å². The number of nitrogens with zero attached hydrogens (tertiary/aromatic N) is 3. The summed E-state index contributed by atoms with van der Waals surface area (Å²) in [5.74, 6) is -1.11. The van der Waals surface area contributed by atoms with Gasteiger partial charge in [-0.1, -0.05) is 37.3 Å². The average Bonchev–Trinajstić information content (AvgIpc) is 2.81. The Hall–Kier alpha value is -3.63. The molecule has 0 fully saturated rings. The largest absolute Gasteiger partial charge is 0.493 e. The number of nitrogens with one attached hydrogen (secondary N) is 1. The molecule has 0 heterocycles. The molecule has 1 unspecified atom stereocenters. The molecule has 1 atom stereocenters. The number of hydrazine groups is 2. The third-order valence-corrected chi connectivity index (χ3v) is 4.84. The number of ether oxygens (including phenoxy) is 2. The lowest BCUT2D eigenvalue weighted by atomic mass is 10.2. The van der Waals surface area contributed by atoms with Crippen molar-refractivity contribution in [1.29, 1.82) is 0 Å². The Kier molecular flexibility index (Phi) is 9.40. The molecule has 34 heavy (non-hydrogen) atoms. The third-order valence-electron chi connectivity index (χ3n) is 4.84. The summed E-state index contributed by atoms with van der Waals surface area (Å²) < 4.78 is 11.1. The van der Waals surface area contributed by atoms with E-state index in [4.69, 9.17) is 9.47 Å². The van der Waals surface area contributed by atoms with Gasteiger partial charge in [0.2, 0.25) is 17.5 Å². The van der Waals surface area contributed by atoms with Crippen LogP contribution in [0.2, 0.25) is 0 Å². The number of rotatable bonds is 9. The number of para-hydroxylation sites is 3. The van der Waals surface area contributed by atoms with Gasteiger partial charge in [-0.05, 0) is 30.8 Å². The van der Waals surface area contributed by atoms with Crippen LogP contribution in [0.5, 0.6) is 11.5 Å². The van der Waals surface area contributed by atoms with Crippen LogP contribution in [0.25, 0.3) is 0 Å². The standard InChI is InChI=1S/C24H32N4O6/c1-6-25-16-24(32,17-34-23-15-11-10-14-22(23)33-5)27(19(3)30)28(20(4)31)26(18(2)29)21-12-8-7-9-13-21/h7-15,25,32H,6,16-17H2,1-5H3. The average molecular weight is 473 g/mol. The van der Waals surface area contributed by atoms with Gasteiger partial charge in [0.15, 0.2) is 11.5 Å². The Morgan fingerprint density at radius 3 is 2.00 bits per heavy atom. The molecular formula is C24H32N4O6. The summed E-state index contributed by atoms with van der Waals surface area (Å²) in [6.07, 6.45) is 0. The Balaban J connectivity index is 2.56. The number of benzene rings is 2. The van der Waals surface area contributed by atoms with Crippen molar-refractivity contribution in [2.45, 2.75) is 33.4 Å². The Bertz CT molecular complexity index is 986. The lowest BCUT2D eigenvalue weighted by Gasteiger charge is -2.47. The van der Waals surface area contributed by atoms with E-state index in [2.05, 4.69) is 5.32 Å². The second kappa shape index (κ2) is 12.0. The van der Waals surface area contributed by atoms with Gasteiger partial charge < -0.3 is 19.9 Å². The van der Waals surface area contributed by atoms with Gasteiger partial charge in [0, 0.05) is 27.3 Å². The summed E-state index contributed by atoms with van der Waals surface area (Å²) >= 11 is 0. The molecule has 2 aromatic rings. The second-order valence-corrected chi connectivity index (χ2v) is 7.51. The first-order valence-corrected chi connectivity index (χ1v) is 10.8. The number of likely N-dealkylation sites (N-methyl/N-ethyl adjacent to an activating group) is 1. The fourth-order valence-electron chi connectivity index (χ4n) is 3.41. The monoisotopic (exact) mass is 472 g/mol. The van der Waals surface area contributed by atoms with Crippen LogP contribution in [0, 0.1) is 0 Å². The van der Waals surface area contributed by atoms with Gasteiger partial charge in [-0.25, -0.2) is 0 Å². The van der Waals surface area contributed by atoms with Gasteiger partial charge in [0.1, 0.15) is 6.61 Å². The molecule has 0 spiro atoms. The van der Waals surface area contributed by atoms with Crippen molar-refractivity contribution in [2.24, 2.45) is 0 Å². The fraction of sp³-hybridized carbons (Fsp3) is 0.375. The minimum atomic E-state index is -2.06. The molecule has 10 nitrogen and oxygen atoms in total. The smallest absolute Gasteiger partial charge is 0.258 e. The summed E-state index contributed by atoms with van der Waals surface area (Å²) in [5, 5.41) is 17.4. The van der Waals surface area contributed by atoms with E-state index in [0.717, 1.165) is 15.1 Å². The van der Waals surface area contributed by atoms with Gasteiger partial charge in [-0.3, -0.25) is 14.4 Å². The van der Waals surface area contributed by atoms with E-state index >= 15 is 0 Å². The number of carbonyl (C=O) groups excluding carboxylic acids is 3. The predicted molar refractivity (Wildman–Crippen MR) is 127 cm³/mol. The first-order chi connectivity index (χ1) is 16.2. The minimum Gasteiger partial charge on any atom is -0.493 e. The van der Waals surface area contributed by atoms with Crippen LogP contribution < -0.4 is 19.8 Å². The van der Waals surface area contributed by atoms with Crippen LogP contribution in [0.4, 0.5) is 5.69 Å². The summed E-state index contributed by atoms with van der Waals surface area (Å²) in [7, 11) is 1.48. The van der Waals surface area contributed by atoms with Crippen molar-refractivity contribution in [3.05, 3.63) is 54.6 Å². The maximum Gasteiger partial charge on any atom is 0.258 e. The first kappa shape index (κ1) is 26.6. The molecule has 2 rings (SSSR count). The van der Waals surface area contributed by atoms with Gasteiger partial charge in [0.05, 0.1) is 12.8 Å². The molecular weight excluding hydrogens is 440 g/mol. The molecule has 2 aromatic carbocycles. The van der Waals surface area contributed by atoms with Crippen LogP contribution in [0.15, 0.2) is 54.6 Å². The predicted octanol–water partition coefficient (Wildman–Crippen LogP) is 1.95. The van der Waals surface area contributed by atoms with Gasteiger partial charge in [0.25, 0.3) is 5.91 Å². The number of carbonyl (C=O) groups is 3. The SMILES string of the molecule is CCNCC(O)(COc1ccccc1OC)N(C(C)=O)N(C(C)=O)N(C(C)=O)c1ccccc1. The Morgan fingerprint density at radius 2 is 1.50 bits per heavy atom. The van der Waals surface area contributed by atoms with E-state index in [1.165, 1.54) is 27.9 Å². The summed E-state index contributed by atoms with van der Waals surface area (Å²) in [4.78, 5) is 38.4. The molecule has 0 aromatic heterocycles. The molecule has 0 bridgehead atoms.